The van der Waals surface area contributed by atoms with Crippen LogP contribution in [0.15, 0.2) is 36.7 Å². The van der Waals surface area contributed by atoms with Crippen LogP contribution in [0.5, 0.6) is 0 Å². The quantitative estimate of drug-likeness (QED) is 0.424. The van der Waals surface area contributed by atoms with Crippen molar-refractivity contribution in [3.63, 3.8) is 0 Å². The zero-order chi connectivity index (χ0) is 13.1. The first kappa shape index (κ1) is 12.1. The Hall–Kier alpha value is -2.34. The van der Waals surface area contributed by atoms with E-state index < -0.39 is 0 Å². The molecule has 1 aromatic heterocycles. The fraction of sp³-hybridized carbons (Fsp3) is 0.167. The number of anilines is 1. The van der Waals surface area contributed by atoms with Crippen LogP contribution < -0.4 is 5.73 Å². The van der Waals surface area contributed by atoms with Crippen molar-refractivity contribution in [1.29, 1.82) is 5.41 Å². The number of aryl methyl sites for hydroxylation is 1. The average molecular weight is 245 g/mol. The summed E-state index contributed by atoms with van der Waals surface area (Å²) in [6.07, 6.45) is 2.90. The highest BCUT2D eigenvalue weighted by Gasteiger charge is 2.10. The lowest BCUT2D eigenvalue weighted by molar-refractivity contribution is -0.0283. The van der Waals surface area contributed by atoms with Gasteiger partial charge < -0.3 is 5.73 Å². The number of hydroxylamine groups is 2. The smallest absolute Gasteiger partial charge is 0.243 e. The number of nitrogen functional groups attached to an aromatic ring is 1. The minimum atomic E-state index is -0.146. The standard InChI is InChI=1S/C12H15N5O/c1-9-2-4-10(5-3-9)7-17(18)12(14)16-8-11(13)6-15-16/h2-6,8,14,18H,7,13H2,1H3. The van der Waals surface area contributed by atoms with Crippen LogP contribution in [-0.2, 0) is 6.54 Å². The van der Waals surface area contributed by atoms with Crippen LogP contribution in [0.25, 0.3) is 0 Å². The number of hydrogen-bond donors (Lipinski definition) is 3. The summed E-state index contributed by atoms with van der Waals surface area (Å²) < 4.78 is 1.21. The summed E-state index contributed by atoms with van der Waals surface area (Å²) in [5.74, 6) is -0.146. The molecule has 0 saturated heterocycles. The minimum absolute atomic E-state index is 0.146. The van der Waals surface area contributed by atoms with Gasteiger partial charge in [0.15, 0.2) is 0 Å². The molecule has 6 nitrogen and oxygen atoms in total. The monoisotopic (exact) mass is 245 g/mol. The molecule has 0 aliphatic heterocycles. The maximum Gasteiger partial charge on any atom is 0.243 e. The van der Waals surface area contributed by atoms with Gasteiger partial charge in [-0.15, -0.1) is 0 Å². The third-order valence-electron chi connectivity index (χ3n) is 2.52. The first-order valence-electron chi connectivity index (χ1n) is 5.47. The van der Waals surface area contributed by atoms with Crippen molar-refractivity contribution in [1.82, 2.24) is 14.8 Å². The van der Waals surface area contributed by atoms with Crippen LogP contribution in [0, 0.1) is 12.3 Å². The van der Waals surface area contributed by atoms with E-state index in [2.05, 4.69) is 5.10 Å². The lowest BCUT2D eigenvalue weighted by Crippen LogP contribution is -2.32. The predicted molar refractivity (Wildman–Crippen MR) is 68.3 cm³/mol. The van der Waals surface area contributed by atoms with E-state index in [4.69, 9.17) is 11.1 Å². The fourth-order valence-electron chi connectivity index (χ4n) is 1.51. The molecule has 2 aromatic rings. The van der Waals surface area contributed by atoms with Gasteiger partial charge in [0.25, 0.3) is 0 Å². The molecule has 94 valence electrons. The van der Waals surface area contributed by atoms with Gasteiger partial charge in [0.05, 0.1) is 24.6 Å². The number of nitrogens with zero attached hydrogens (tertiary/aromatic N) is 3. The van der Waals surface area contributed by atoms with E-state index in [1.807, 2.05) is 31.2 Å². The van der Waals surface area contributed by atoms with Crippen LogP contribution in [-0.4, -0.2) is 26.0 Å². The number of nitrogens with one attached hydrogen (secondary N) is 1. The van der Waals surface area contributed by atoms with E-state index in [-0.39, 0.29) is 12.5 Å². The lowest BCUT2D eigenvalue weighted by atomic mass is 10.1. The second-order valence-electron chi connectivity index (χ2n) is 4.09. The molecule has 0 unspecified atom stereocenters. The van der Waals surface area contributed by atoms with E-state index in [0.29, 0.717) is 5.69 Å². The molecule has 0 bridgehead atoms. The Morgan fingerprint density at radius 2 is 2.11 bits per heavy atom. The Morgan fingerprint density at radius 3 is 2.67 bits per heavy atom. The molecule has 0 amide bonds. The summed E-state index contributed by atoms with van der Waals surface area (Å²) in [6, 6.07) is 7.73. The third-order valence-corrected chi connectivity index (χ3v) is 2.52. The van der Waals surface area contributed by atoms with E-state index in [1.54, 1.807) is 0 Å². The van der Waals surface area contributed by atoms with Crippen LogP contribution >= 0.6 is 0 Å². The molecule has 1 aromatic carbocycles. The van der Waals surface area contributed by atoms with Gasteiger partial charge >= 0.3 is 0 Å². The van der Waals surface area contributed by atoms with E-state index in [9.17, 15) is 5.21 Å². The third kappa shape index (κ3) is 2.67. The first-order valence-corrected chi connectivity index (χ1v) is 5.47. The topological polar surface area (TPSA) is 91.2 Å². The number of rotatable bonds is 2. The van der Waals surface area contributed by atoms with Gasteiger partial charge in [-0.25, -0.2) is 9.75 Å². The van der Waals surface area contributed by atoms with Gasteiger partial charge in [-0.1, -0.05) is 29.8 Å². The fourth-order valence-corrected chi connectivity index (χ4v) is 1.51. The SMILES string of the molecule is Cc1ccc(CN(O)C(=N)n2cc(N)cn2)cc1. The van der Waals surface area contributed by atoms with E-state index >= 15 is 0 Å². The summed E-state index contributed by atoms with van der Waals surface area (Å²) in [4.78, 5) is 0. The Morgan fingerprint density at radius 1 is 1.44 bits per heavy atom. The molecule has 0 aliphatic rings. The minimum Gasteiger partial charge on any atom is -0.396 e. The lowest BCUT2D eigenvalue weighted by Gasteiger charge is -2.17. The second-order valence-corrected chi connectivity index (χ2v) is 4.09. The van der Waals surface area contributed by atoms with Crippen molar-refractivity contribution in [2.24, 2.45) is 0 Å². The van der Waals surface area contributed by atoms with Crippen molar-refractivity contribution in [3.05, 3.63) is 47.8 Å². The highest BCUT2D eigenvalue weighted by atomic mass is 16.5. The maximum atomic E-state index is 9.81. The summed E-state index contributed by atoms with van der Waals surface area (Å²) in [7, 11) is 0. The number of hydrogen-bond acceptors (Lipinski definition) is 4. The zero-order valence-electron chi connectivity index (χ0n) is 10.0. The van der Waals surface area contributed by atoms with Crippen molar-refractivity contribution in [3.8, 4) is 0 Å². The molecule has 4 N–H and O–H groups in total. The predicted octanol–water partition coefficient (Wildman–Crippen LogP) is 1.45. The van der Waals surface area contributed by atoms with Crippen LogP contribution in [0.4, 0.5) is 5.69 Å². The molecule has 0 spiro atoms. The van der Waals surface area contributed by atoms with E-state index in [1.165, 1.54) is 17.1 Å². The van der Waals surface area contributed by atoms with Crippen LogP contribution in [0.3, 0.4) is 0 Å². The first-order chi connectivity index (χ1) is 8.56. The second kappa shape index (κ2) is 4.89. The molecule has 0 atom stereocenters. The Labute approximate surface area is 105 Å². The molecule has 0 saturated carbocycles. The molecule has 2 rings (SSSR count). The zero-order valence-corrected chi connectivity index (χ0v) is 10.0. The highest BCUT2D eigenvalue weighted by molar-refractivity contribution is 5.77. The van der Waals surface area contributed by atoms with Crippen molar-refractivity contribution in [2.75, 3.05) is 5.73 Å². The van der Waals surface area contributed by atoms with Gasteiger partial charge in [-0.3, -0.25) is 10.6 Å². The molecular weight excluding hydrogens is 230 g/mol. The molecule has 6 heteroatoms. The van der Waals surface area contributed by atoms with Gasteiger partial charge in [0, 0.05) is 0 Å². The van der Waals surface area contributed by atoms with Gasteiger partial charge in [0.1, 0.15) is 0 Å². The van der Waals surface area contributed by atoms with Crippen LogP contribution in [0.1, 0.15) is 11.1 Å². The van der Waals surface area contributed by atoms with Crippen LogP contribution in [0.2, 0.25) is 0 Å². The molecule has 18 heavy (non-hydrogen) atoms. The Kier molecular flexibility index (Phi) is 3.29. The van der Waals surface area contributed by atoms with Crippen molar-refractivity contribution < 1.29 is 5.21 Å². The summed E-state index contributed by atoms with van der Waals surface area (Å²) in [6.45, 7) is 2.22. The maximum absolute atomic E-state index is 9.81. The summed E-state index contributed by atoms with van der Waals surface area (Å²) >= 11 is 0. The van der Waals surface area contributed by atoms with E-state index in [0.717, 1.165) is 16.2 Å². The Balaban J connectivity index is 2.05. The molecule has 0 radical (unpaired) electrons. The molecule has 1 heterocycles. The van der Waals surface area contributed by atoms with Crippen molar-refractivity contribution >= 4 is 11.6 Å². The van der Waals surface area contributed by atoms with Gasteiger partial charge in [-0.05, 0) is 12.5 Å². The highest BCUT2D eigenvalue weighted by Crippen LogP contribution is 2.07. The van der Waals surface area contributed by atoms with Crippen molar-refractivity contribution in [2.45, 2.75) is 13.5 Å². The van der Waals surface area contributed by atoms with Gasteiger partial charge in [-0.2, -0.15) is 5.10 Å². The summed E-state index contributed by atoms with van der Waals surface area (Å²) in [5, 5.41) is 22.2. The molecule has 0 fully saturated rings. The average Bonchev–Trinajstić information content (AvgIpc) is 2.78. The van der Waals surface area contributed by atoms with Gasteiger partial charge in [0.2, 0.25) is 5.96 Å². The molecule has 0 aliphatic carbocycles. The normalized spacial score (nSPS) is 10.3. The number of nitrogens with two attached hydrogens (primary N) is 1. The number of benzene rings is 1. The largest absolute Gasteiger partial charge is 0.396 e. The molecular formula is C12H15N5O. The number of aromatic nitrogens is 2. The summed E-state index contributed by atoms with van der Waals surface area (Å²) in [5.41, 5.74) is 8.01. The Bertz CT molecular complexity index is 546.